The number of benzene rings is 1. The lowest BCUT2D eigenvalue weighted by Crippen LogP contribution is -2.28. The molecule has 2 atom stereocenters. The van der Waals surface area contributed by atoms with Crippen molar-refractivity contribution >= 4 is 27.5 Å². The molecule has 1 saturated heterocycles. The van der Waals surface area contributed by atoms with Crippen molar-refractivity contribution in [3.05, 3.63) is 28.2 Å². The van der Waals surface area contributed by atoms with E-state index in [1.165, 1.54) is 0 Å². The summed E-state index contributed by atoms with van der Waals surface area (Å²) in [4.78, 5) is 12.1. The first-order valence-electron chi connectivity index (χ1n) is 6.35. The summed E-state index contributed by atoms with van der Waals surface area (Å²) in [6.07, 6.45) is 2.55. The van der Waals surface area contributed by atoms with E-state index < -0.39 is 0 Å². The third-order valence-corrected chi connectivity index (χ3v) is 3.72. The topological polar surface area (TPSA) is 38.3 Å². The van der Waals surface area contributed by atoms with Crippen LogP contribution in [0.15, 0.2) is 22.7 Å². The molecule has 1 aromatic carbocycles. The van der Waals surface area contributed by atoms with Crippen molar-refractivity contribution in [2.75, 3.05) is 5.32 Å². The smallest absolute Gasteiger partial charge is 0.253 e. The van der Waals surface area contributed by atoms with Crippen molar-refractivity contribution in [2.24, 2.45) is 0 Å². The van der Waals surface area contributed by atoms with Crippen LogP contribution in [-0.4, -0.2) is 18.1 Å². The number of carbonyl (C=O) groups excluding carboxylic acids is 1. The lowest BCUT2D eigenvalue weighted by Gasteiger charge is -2.14. The summed E-state index contributed by atoms with van der Waals surface area (Å²) in [6.45, 7) is 4.08. The maximum atomic E-state index is 12.1. The zero-order valence-electron chi connectivity index (χ0n) is 10.7. The fourth-order valence-corrected chi connectivity index (χ4v) is 2.59. The van der Waals surface area contributed by atoms with Crippen molar-refractivity contribution in [1.82, 2.24) is 0 Å². The maximum Gasteiger partial charge on any atom is 0.253 e. The summed E-state index contributed by atoms with van der Waals surface area (Å²) in [5, 5.41) is 2.97. The van der Waals surface area contributed by atoms with Gasteiger partial charge in [-0.05, 0) is 49.9 Å². The molecule has 3 nitrogen and oxygen atoms in total. The molecule has 0 radical (unpaired) electrons. The number of hydrogen-bond acceptors (Lipinski definition) is 2. The predicted octanol–water partition coefficient (Wildman–Crippen LogP) is 3.52. The van der Waals surface area contributed by atoms with Crippen molar-refractivity contribution in [3.8, 4) is 0 Å². The van der Waals surface area contributed by atoms with Gasteiger partial charge in [0.05, 0.1) is 6.10 Å². The minimum atomic E-state index is -0.298. The molecule has 1 aliphatic rings. The Labute approximate surface area is 116 Å². The van der Waals surface area contributed by atoms with E-state index in [4.69, 9.17) is 4.74 Å². The number of aryl methyl sites for hydroxylation is 1. The van der Waals surface area contributed by atoms with Gasteiger partial charge >= 0.3 is 0 Å². The fraction of sp³-hybridized carbons (Fsp3) is 0.500. The van der Waals surface area contributed by atoms with Crippen molar-refractivity contribution < 1.29 is 9.53 Å². The molecule has 1 amide bonds. The third kappa shape index (κ3) is 3.12. The highest BCUT2D eigenvalue weighted by atomic mass is 79.9. The van der Waals surface area contributed by atoms with Crippen LogP contribution in [0.1, 0.15) is 32.3 Å². The summed E-state index contributed by atoms with van der Waals surface area (Å²) in [7, 11) is 0. The van der Waals surface area contributed by atoms with Crippen molar-refractivity contribution in [1.29, 1.82) is 0 Å². The molecule has 0 spiro atoms. The molecule has 0 aliphatic carbocycles. The largest absolute Gasteiger partial charge is 0.365 e. The Hall–Kier alpha value is -0.870. The molecule has 1 N–H and O–H groups in total. The van der Waals surface area contributed by atoms with Crippen molar-refractivity contribution in [2.45, 2.75) is 45.3 Å². The van der Waals surface area contributed by atoms with Crippen LogP contribution in [0.2, 0.25) is 0 Å². The van der Waals surface area contributed by atoms with E-state index in [0.717, 1.165) is 35.0 Å². The Morgan fingerprint density at radius 1 is 1.50 bits per heavy atom. The number of carbonyl (C=O) groups is 1. The number of amides is 1. The molecule has 1 aromatic rings. The summed E-state index contributed by atoms with van der Waals surface area (Å²) in [6, 6.07) is 5.90. The summed E-state index contributed by atoms with van der Waals surface area (Å²) in [5.74, 6) is -0.0311. The molecule has 98 valence electrons. The Morgan fingerprint density at radius 3 is 2.89 bits per heavy atom. The second kappa shape index (κ2) is 5.85. The first-order valence-corrected chi connectivity index (χ1v) is 7.14. The maximum absolute atomic E-state index is 12.1. The van der Waals surface area contributed by atoms with Crippen LogP contribution >= 0.6 is 15.9 Å². The van der Waals surface area contributed by atoms with E-state index in [9.17, 15) is 4.79 Å². The van der Waals surface area contributed by atoms with Gasteiger partial charge in [-0.25, -0.2) is 0 Å². The molecule has 2 rings (SSSR count). The van der Waals surface area contributed by atoms with Gasteiger partial charge in [-0.3, -0.25) is 4.79 Å². The molecule has 0 saturated carbocycles. The van der Waals surface area contributed by atoms with Crippen molar-refractivity contribution in [3.63, 3.8) is 0 Å². The SMILES string of the molecule is CCc1cc(Br)ccc1NC(=O)C1CCC(C)O1. The van der Waals surface area contributed by atoms with Crippen LogP contribution in [0.4, 0.5) is 5.69 Å². The molecule has 0 aromatic heterocycles. The standard InChI is InChI=1S/C14H18BrNO2/c1-3-10-8-11(15)5-6-12(10)16-14(17)13-7-4-9(2)18-13/h5-6,8-9,13H,3-4,7H2,1-2H3,(H,16,17). The average molecular weight is 312 g/mol. The third-order valence-electron chi connectivity index (χ3n) is 3.23. The zero-order chi connectivity index (χ0) is 13.1. The second-order valence-electron chi connectivity index (χ2n) is 4.66. The average Bonchev–Trinajstić information content (AvgIpc) is 2.78. The van der Waals surface area contributed by atoms with Crippen LogP contribution in [-0.2, 0) is 16.0 Å². The lowest BCUT2D eigenvalue weighted by molar-refractivity contribution is -0.126. The van der Waals surface area contributed by atoms with E-state index in [1.54, 1.807) is 0 Å². The number of hydrogen-bond donors (Lipinski definition) is 1. The first kappa shape index (κ1) is 13.6. The van der Waals surface area contributed by atoms with Gasteiger partial charge in [0.25, 0.3) is 5.91 Å². The highest BCUT2D eigenvalue weighted by Gasteiger charge is 2.28. The Morgan fingerprint density at radius 2 is 2.28 bits per heavy atom. The molecule has 1 fully saturated rings. The van der Waals surface area contributed by atoms with Crippen LogP contribution in [0.25, 0.3) is 0 Å². The molecular weight excluding hydrogens is 294 g/mol. The number of nitrogens with one attached hydrogen (secondary N) is 1. The molecule has 18 heavy (non-hydrogen) atoms. The second-order valence-corrected chi connectivity index (χ2v) is 5.57. The molecule has 0 bridgehead atoms. The van der Waals surface area contributed by atoms with E-state index >= 15 is 0 Å². The van der Waals surface area contributed by atoms with E-state index in [-0.39, 0.29) is 18.1 Å². The summed E-state index contributed by atoms with van der Waals surface area (Å²) in [5.41, 5.74) is 2.01. The molecule has 2 unspecified atom stereocenters. The molecule has 1 aliphatic heterocycles. The monoisotopic (exact) mass is 311 g/mol. The molecule has 1 heterocycles. The van der Waals surface area contributed by atoms with Gasteiger partial charge in [0.1, 0.15) is 6.10 Å². The highest BCUT2D eigenvalue weighted by molar-refractivity contribution is 9.10. The number of halogens is 1. The van der Waals surface area contributed by atoms with Crippen LogP contribution in [0.3, 0.4) is 0 Å². The predicted molar refractivity (Wildman–Crippen MR) is 75.7 cm³/mol. The molecule has 4 heteroatoms. The van der Waals surface area contributed by atoms with E-state index in [0.29, 0.717) is 0 Å². The lowest BCUT2D eigenvalue weighted by atomic mass is 10.1. The quantitative estimate of drug-likeness (QED) is 0.927. The van der Waals surface area contributed by atoms with E-state index in [2.05, 4.69) is 28.2 Å². The van der Waals surface area contributed by atoms with Gasteiger partial charge in [-0.1, -0.05) is 22.9 Å². The summed E-state index contributed by atoms with van der Waals surface area (Å²) >= 11 is 3.44. The number of rotatable bonds is 3. The van der Waals surface area contributed by atoms with Crippen LogP contribution in [0, 0.1) is 0 Å². The Balaban J connectivity index is 2.07. The van der Waals surface area contributed by atoms with Gasteiger partial charge in [-0.2, -0.15) is 0 Å². The fourth-order valence-electron chi connectivity index (χ4n) is 2.19. The van der Waals surface area contributed by atoms with E-state index in [1.807, 2.05) is 25.1 Å². The summed E-state index contributed by atoms with van der Waals surface area (Å²) < 4.78 is 6.60. The van der Waals surface area contributed by atoms with Gasteiger partial charge in [0, 0.05) is 10.2 Å². The van der Waals surface area contributed by atoms with Gasteiger partial charge in [-0.15, -0.1) is 0 Å². The Bertz CT molecular complexity index is 447. The minimum absolute atomic E-state index is 0.0311. The number of ether oxygens (including phenoxy) is 1. The molecular formula is C14H18BrNO2. The van der Waals surface area contributed by atoms with Crippen LogP contribution < -0.4 is 5.32 Å². The van der Waals surface area contributed by atoms with Gasteiger partial charge in [0.2, 0.25) is 0 Å². The zero-order valence-corrected chi connectivity index (χ0v) is 12.3. The number of anilines is 1. The van der Waals surface area contributed by atoms with Gasteiger partial charge < -0.3 is 10.1 Å². The highest BCUT2D eigenvalue weighted by Crippen LogP contribution is 2.24. The Kier molecular flexibility index (Phi) is 4.40. The van der Waals surface area contributed by atoms with Gasteiger partial charge in [0.15, 0.2) is 0 Å². The normalized spacial score (nSPS) is 23.1. The van der Waals surface area contributed by atoms with Crippen LogP contribution in [0.5, 0.6) is 0 Å². The first-order chi connectivity index (χ1) is 8.60. The minimum Gasteiger partial charge on any atom is -0.365 e.